The molecule has 2 aliphatic carbocycles. The molecule has 0 aliphatic heterocycles. The summed E-state index contributed by atoms with van der Waals surface area (Å²) in [6, 6.07) is 75.4. The molecule has 0 fully saturated rings. The highest BCUT2D eigenvalue weighted by Crippen LogP contribution is 2.51. The predicted molar refractivity (Wildman–Crippen MR) is 286 cm³/mol. The van der Waals surface area contributed by atoms with E-state index in [0.29, 0.717) is 23.3 Å². The minimum Gasteiger partial charge on any atom is -0.228 e. The van der Waals surface area contributed by atoms with E-state index in [1.807, 2.05) is 18.2 Å². The second-order valence-electron chi connectivity index (χ2n) is 19.7. The van der Waals surface area contributed by atoms with Crippen LogP contribution >= 0.6 is 0 Å². The quantitative estimate of drug-likeness (QED) is 0.159. The minimum absolute atomic E-state index is 0.170. The SMILES string of the molecule is CC1(C)c2ccccc2-c2ccc(-c3nc(-c4cccc(-c5cccc(-c6cc(-c7ccc8ccccc8c7)nc(-c7ccccc7)n6)c5)c4)nc(-c4ccc5c(c4)C(C)(C)c4ccccc4-5)n3)cc21. The van der Waals surface area contributed by atoms with Gasteiger partial charge < -0.3 is 0 Å². The standard InChI is InChI=1S/C65H47N5/c1-64(2)54-26-12-10-24-50(54)52-32-30-48(37-56(52)64)62-68-61(69-63(70-62)49-31-33-53-51-25-11-13-27-55(51)65(3,4)57(53)38-49)47-23-15-21-44(36-47)43-20-14-22-45(35-43)58-39-59(67-60(66-58)41-17-6-5-7-18-41)46-29-28-40-16-8-9-19-42(40)34-46/h5-39H,1-4H3. The molecule has 13 rings (SSSR count). The zero-order chi connectivity index (χ0) is 47.1. The van der Waals surface area contributed by atoms with E-state index in [9.17, 15) is 0 Å². The topological polar surface area (TPSA) is 64.5 Å². The van der Waals surface area contributed by atoms with E-state index in [0.717, 1.165) is 55.9 Å². The van der Waals surface area contributed by atoms with Crippen molar-refractivity contribution in [1.82, 2.24) is 24.9 Å². The molecule has 0 N–H and O–H groups in total. The summed E-state index contributed by atoms with van der Waals surface area (Å²) in [5.41, 5.74) is 19.6. The average Bonchev–Trinajstić information content (AvgIpc) is 3.79. The number of benzene rings is 9. The van der Waals surface area contributed by atoms with Gasteiger partial charge >= 0.3 is 0 Å². The summed E-state index contributed by atoms with van der Waals surface area (Å²) >= 11 is 0. The first kappa shape index (κ1) is 41.5. The first-order valence-electron chi connectivity index (χ1n) is 24.1. The highest BCUT2D eigenvalue weighted by molar-refractivity contribution is 5.89. The highest BCUT2D eigenvalue weighted by Gasteiger charge is 2.37. The Morgan fingerprint density at radius 3 is 1.23 bits per heavy atom. The van der Waals surface area contributed by atoms with Crippen molar-refractivity contribution in [2.24, 2.45) is 0 Å². The molecule has 0 bridgehead atoms. The molecule has 0 atom stereocenters. The van der Waals surface area contributed by atoms with Gasteiger partial charge in [0.2, 0.25) is 0 Å². The summed E-state index contributed by atoms with van der Waals surface area (Å²) in [5, 5.41) is 2.37. The van der Waals surface area contributed by atoms with Gasteiger partial charge in [-0.2, -0.15) is 0 Å². The Morgan fingerprint density at radius 2 is 0.643 bits per heavy atom. The zero-order valence-electron chi connectivity index (χ0n) is 39.4. The molecule has 332 valence electrons. The molecule has 0 saturated heterocycles. The molecule has 0 radical (unpaired) electrons. The molecule has 2 aromatic heterocycles. The summed E-state index contributed by atoms with van der Waals surface area (Å²) in [4.78, 5) is 26.2. The number of rotatable bonds is 7. The van der Waals surface area contributed by atoms with Gasteiger partial charge in [0, 0.05) is 44.2 Å². The number of hydrogen-bond acceptors (Lipinski definition) is 5. The van der Waals surface area contributed by atoms with Gasteiger partial charge in [-0.15, -0.1) is 0 Å². The third-order valence-corrected chi connectivity index (χ3v) is 14.7. The second kappa shape index (κ2) is 16.0. The Kier molecular flexibility index (Phi) is 9.47. The van der Waals surface area contributed by atoms with E-state index in [4.69, 9.17) is 24.9 Å². The molecule has 5 heteroatoms. The van der Waals surface area contributed by atoms with Crippen LogP contribution in [0.25, 0.3) is 112 Å². The molecule has 9 aromatic carbocycles. The lowest BCUT2D eigenvalue weighted by Crippen LogP contribution is -2.15. The average molecular weight is 898 g/mol. The molecule has 11 aromatic rings. The third-order valence-electron chi connectivity index (χ3n) is 14.7. The smallest absolute Gasteiger partial charge is 0.164 e. The summed E-state index contributed by atoms with van der Waals surface area (Å²) in [6.07, 6.45) is 0. The van der Waals surface area contributed by atoms with Crippen molar-refractivity contribution in [2.45, 2.75) is 38.5 Å². The summed E-state index contributed by atoms with van der Waals surface area (Å²) < 4.78 is 0. The molecule has 0 spiro atoms. The van der Waals surface area contributed by atoms with Gasteiger partial charge in [-0.3, -0.25) is 0 Å². The van der Waals surface area contributed by atoms with Gasteiger partial charge in [0.15, 0.2) is 23.3 Å². The van der Waals surface area contributed by atoms with Crippen LogP contribution in [0.1, 0.15) is 49.9 Å². The van der Waals surface area contributed by atoms with Crippen LogP contribution in [0.5, 0.6) is 0 Å². The van der Waals surface area contributed by atoms with Crippen LogP contribution in [0.2, 0.25) is 0 Å². The lowest BCUT2D eigenvalue weighted by molar-refractivity contribution is 0.660. The Bertz CT molecular complexity index is 3780. The number of aromatic nitrogens is 5. The van der Waals surface area contributed by atoms with Crippen LogP contribution in [0.3, 0.4) is 0 Å². The Hall–Kier alpha value is -8.67. The van der Waals surface area contributed by atoms with E-state index in [1.54, 1.807) is 0 Å². The van der Waals surface area contributed by atoms with Gasteiger partial charge in [0.05, 0.1) is 11.4 Å². The molecule has 2 heterocycles. The molecular formula is C65H47N5. The van der Waals surface area contributed by atoms with Crippen molar-refractivity contribution < 1.29 is 0 Å². The highest BCUT2D eigenvalue weighted by atomic mass is 15.0. The van der Waals surface area contributed by atoms with Gasteiger partial charge in [-0.25, -0.2) is 24.9 Å². The van der Waals surface area contributed by atoms with Crippen LogP contribution < -0.4 is 0 Å². The minimum atomic E-state index is -0.170. The monoisotopic (exact) mass is 897 g/mol. The van der Waals surface area contributed by atoms with E-state index < -0.39 is 0 Å². The lowest BCUT2D eigenvalue weighted by Gasteiger charge is -2.22. The summed E-state index contributed by atoms with van der Waals surface area (Å²) in [7, 11) is 0. The van der Waals surface area contributed by atoms with Crippen molar-refractivity contribution in [1.29, 1.82) is 0 Å². The van der Waals surface area contributed by atoms with Crippen molar-refractivity contribution in [2.75, 3.05) is 0 Å². The Morgan fingerprint density at radius 1 is 0.243 bits per heavy atom. The molecule has 0 amide bonds. The van der Waals surface area contributed by atoms with Gasteiger partial charge in [-0.05, 0) is 103 Å². The largest absolute Gasteiger partial charge is 0.228 e. The molecule has 0 unspecified atom stereocenters. The number of hydrogen-bond donors (Lipinski definition) is 0. The maximum absolute atomic E-state index is 5.31. The summed E-state index contributed by atoms with van der Waals surface area (Å²) in [6.45, 7) is 9.25. The van der Waals surface area contributed by atoms with Crippen molar-refractivity contribution in [3.8, 4) is 101 Å². The fourth-order valence-corrected chi connectivity index (χ4v) is 11.0. The first-order chi connectivity index (χ1) is 34.2. The maximum Gasteiger partial charge on any atom is 0.164 e. The Balaban J connectivity index is 0.922. The van der Waals surface area contributed by atoms with Gasteiger partial charge in [-0.1, -0.05) is 204 Å². The van der Waals surface area contributed by atoms with E-state index in [-0.39, 0.29) is 10.8 Å². The molecule has 70 heavy (non-hydrogen) atoms. The fraction of sp³-hybridized carbons (Fsp3) is 0.0923. The van der Waals surface area contributed by atoms with Crippen LogP contribution in [-0.4, -0.2) is 24.9 Å². The third kappa shape index (κ3) is 6.88. The maximum atomic E-state index is 5.31. The molecular weight excluding hydrogens is 851 g/mol. The normalized spacial score (nSPS) is 13.7. The molecule has 2 aliphatic rings. The molecule has 5 nitrogen and oxygen atoms in total. The van der Waals surface area contributed by atoms with Crippen molar-refractivity contribution >= 4 is 10.8 Å². The zero-order valence-corrected chi connectivity index (χ0v) is 39.4. The van der Waals surface area contributed by atoms with Crippen LogP contribution in [0.15, 0.2) is 212 Å². The lowest BCUT2D eigenvalue weighted by atomic mass is 9.82. The van der Waals surface area contributed by atoms with Gasteiger partial charge in [0.25, 0.3) is 0 Å². The first-order valence-corrected chi connectivity index (χ1v) is 24.1. The van der Waals surface area contributed by atoms with E-state index in [2.05, 4.69) is 222 Å². The Labute approximate surface area is 408 Å². The van der Waals surface area contributed by atoms with Crippen LogP contribution in [0.4, 0.5) is 0 Å². The number of fused-ring (bicyclic) bond motifs is 7. The van der Waals surface area contributed by atoms with Crippen molar-refractivity contribution in [3.05, 3.63) is 235 Å². The fourth-order valence-electron chi connectivity index (χ4n) is 11.0. The number of nitrogens with zero attached hydrogens (tertiary/aromatic N) is 5. The van der Waals surface area contributed by atoms with E-state index in [1.165, 1.54) is 55.3 Å². The van der Waals surface area contributed by atoms with E-state index >= 15 is 0 Å². The predicted octanol–water partition coefficient (Wildman–Crippen LogP) is 16.1. The summed E-state index contributed by atoms with van der Waals surface area (Å²) in [5.74, 6) is 2.59. The molecule has 0 saturated carbocycles. The van der Waals surface area contributed by atoms with Crippen LogP contribution in [-0.2, 0) is 10.8 Å². The second-order valence-corrected chi connectivity index (χ2v) is 19.7. The van der Waals surface area contributed by atoms with Crippen LogP contribution in [0, 0.1) is 0 Å². The van der Waals surface area contributed by atoms with Crippen molar-refractivity contribution in [3.63, 3.8) is 0 Å². The van der Waals surface area contributed by atoms with Gasteiger partial charge in [0.1, 0.15) is 0 Å².